The van der Waals surface area contributed by atoms with E-state index in [2.05, 4.69) is 21.2 Å². The Morgan fingerprint density at radius 2 is 2.29 bits per heavy atom. The van der Waals surface area contributed by atoms with Crippen LogP contribution in [0.5, 0.6) is 0 Å². The van der Waals surface area contributed by atoms with Crippen LogP contribution in [0, 0.1) is 5.82 Å². The molecule has 0 bridgehead atoms. The zero-order chi connectivity index (χ0) is 12.4. The molecule has 1 saturated heterocycles. The molecule has 0 unspecified atom stereocenters. The highest BCUT2D eigenvalue weighted by Crippen LogP contribution is 2.20. The average molecular weight is 303 g/mol. The first-order valence-electron chi connectivity index (χ1n) is 5.14. The summed E-state index contributed by atoms with van der Waals surface area (Å²) in [6.07, 6.45) is 0.113. The van der Waals surface area contributed by atoms with Crippen LogP contribution in [0.4, 0.5) is 14.9 Å². The van der Waals surface area contributed by atoms with Crippen LogP contribution in [0.1, 0.15) is 0 Å². The molecule has 4 nitrogen and oxygen atoms in total. The van der Waals surface area contributed by atoms with Crippen molar-refractivity contribution in [3.8, 4) is 0 Å². The van der Waals surface area contributed by atoms with Gasteiger partial charge in [0.1, 0.15) is 5.82 Å². The standard InChI is InChI=1S/C11H12BrFN2O2/c1-17-8-5-15(6-8)11(16)14-7-2-3-9(12)10(13)4-7/h2-4,8H,5-6H2,1H3,(H,14,16). The van der Waals surface area contributed by atoms with Gasteiger partial charge in [-0.2, -0.15) is 0 Å². The lowest BCUT2D eigenvalue weighted by Crippen LogP contribution is -2.55. The first-order valence-corrected chi connectivity index (χ1v) is 5.93. The van der Waals surface area contributed by atoms with E-state index in [0.717, 1.165) is 0 Å². The van der Waals surface area contributed by atoms with Gasteiger partial charge in [-0.25, -0.2) is 9.18 Å². The number of carbonyl (C=O) groups is 1. The number of halogens is 2. The summed E-state index contributed by atoms with van der Waals surface area (Å²) >= 11 is 3.05. The first kappa shape index (κ1) is 12.3. The zero-order valence-corrected chi connectivity index (χ0v) is 10.8. The Labute approximate surface area is 107 Å². The van der Waals surface area contributed by atoms with E-state index in [1.54, 1.807) is 24.1 Å². The average Bonchev–Trinajstić information content (AvgIpc) is 2.22. The molecule has 2 amide bonds. The molecule has 0 atom stereocenters. The second-order valence-corrected chi connectivity index (χ2v) is 4.68. The van der Waals surface area contributed by atoms with Gasteiger partial charge in [-0.3, -0.25) is 0 Å². The number of hydrogen-bond donors (Lipinski definition) is 1. The van der Waals surface area contributed by atoms with Crippen molar-refractivity contribution in [2.75, 3.05) is 25.5 Å². The molecule has 0 saturated carbocycles. The van der Waals surface area contributed by atoms with Crippen molar-refractivity contribution >= 4 is 27.6 Å². The maximum atomic E-state index is 13.2. The van der Waals surface area contributed by atoms with Gasteiger partial charge in [-0.1, -0.05) is 0 Å². The van der Waals surface area contributed by atoms with Gasteiger partial charge in [0.25, 0.3) is 0 Å². The Morgan fingerprint density at radius 1 is 1.59 bits per heavy atom. The van der Waals surface area contributed by atoms with Crippen molar-refractivity contribution in [2.45, 2.75) is 6.10 Å². The summed E-state index contributed by atoms with van der Waals surface area (Å²) in [5.41, 5.74) is 0.441. The number of methoxy groups -OCH3 is 1. The minimum Gasteiger partial charge on any atom is -0.378 e. The Balaban J connectivity index is 1.92. The fourth-order valence-electron chi connectivity index (χ4n) is 1.53. The van der Waals surface area contributed by atoms with Gasteiger partial charge in [0.05, 0.1) is 23.7 Å². The Morgan fingerprint density at radius 3 is 2.88 bits per heavy atom. The monoisotopic (exact) mass is 302 g/mol. The van der Waals surface area contributed by atoms with Gasteiger partial charge in [-0.15, -0.1) is 0 Å². The molecule has 1 aliphatic rings. The van der Waals surface area contributed by atoms with E-state index < -0.39 is 5.82 Å². The van der Waals surface area contributed by atoms with Crippen LogP contribution in [0.3, 0.4) is 0 Å². The number of nitrogens with one attached hydrogen (secondary N) is 1. The topological polar surface area (TPSA) is 41.6 Å². The summed E-state index contributed by atoms with van der Waals surface area (Å²) in [7, 11) is 1.62. The summed E-state index contributed by atoms with van der Waals surface area (Å²) in [6.45, 7) is 1.14. The Hall–Kier alpha value is -1.14. The van der Waals surface area contributed by atoms with Gasteiger partial charge >= 0.3 is 6.03 Å². The quantitative estimate of drug-likeness (QED) is 0.912. The Kier molecular flexibility index (Phi) is 3.63. The second kappa shape index (κ2) is 5.01. The summed E-state index contributed by atoms with van der Waals surface area (Å²) < 4.78 is 18.6. The minimum absolute atomic E-state index is 0.113. The number of benzene rings is 1. The predicted molar refractivity (Wildman–Crippen MR) is 65.5 cm³/mol. The van der Waals surface area contributed by atoms with E-state index in [1.807, 2.05) is 0 Å². The molecule has 1 aliphatic heterocycles. The van der Waals surface area contributed by atoms with E-state index in [9.17, 15) is 9.18 Å². The highest BCUT2D eigenvalue weighted by molar-refractivity contribution is 9.10. The molecule has 1 N–H and O–H groups in total. The van der Waals surface area contributed by atoms with Gasteiger partial charge < -0.3 is 15.0 Å². The van der Waals surface area contributed by atoms with Crippen LogP contribution in [0.15, 0.2) is 22.7 Å². The molecule has 0 radical (unpaired) electrons. The molecule has 6 heteroatoms. The number of ether oxygens (including phenoxy) is 1. The number of amides is 2. The number of rotatable bonds is 2. The van der Waals surface area contributed by atoms with E-state index in [4.69, 9.17) is 4.74 Å². The van der Waals surface area contributed by atoms with E-state index >= 15 is 0 Å². The summed E-state index contributed by atoms with van der Waals surface area (Å²) in [6, 6.07) is 4.23. The molecule has 0 spiro atoms. The molecule has 2 rings (SSSR count). The highest BCUT2D eigenvalue weighted by Gasteiger charge is 2.30. The fourth-order valence-corrected chi connectivity index (χ4v) is 1.78. The van der Waals surface area contributed by atoms with Gasteiger partial charge in [-0.05, 0) is 34.1 Å². The Bertz CT molecular complexity index is 435. The molecule has 1 aromatic rings. The normalized spacial score (nSPS) is 15.6. The molecule has 17 heavy (non-hydrogen) atoms. The summed E-state index contributed by atoms with van der Waals surface area (Å²) in [4.78, 5) is 13.3. The lowest BCUT2D eigenvalue weighted by molar-refractivity contribution is -0.00465. The number of anilines is 1. The van der Waals surface area contributed by atoms with Crippen LogP contribution >= 0.6 is 15.9 Å². The number of urea groups is 1. The number of nitrogens with zero attached hydrogens (tertiary/aromatic N) is 1. The summed E-state index contributed by atoms with van der Waals surface area (Å²) in [5, 5.41) is 2.63. The van der Waals surface area contributed by atoms with Crippen LogP contribution < -0.4 is 5.32 Å². The van der Waals surface area contributed by atoms with Crippen molar-refractivity contribution in [2.24, 2.45) is 0 Å². The molecule has 92 valence electrons. The van der Waals surface area contributed by atoms with Crippen molar-refractivity contribution in [3.63, 3.8) is 0 Å². The highest BCUT2D eigenvalue weighted by atomic mass is 79.9. The molecule has 0 aliphatic carbocycles. The van der Waals surface area contributed by atoms with Crippen LogP contribution in [0.25, 0.3) is 0 Å². The molecular weight excluding hydrogens is 291 g/mol. The molecule has 0 aromatic heterocycles. The third-order valence-electron chi connectivity index (χ3n) is 2.64. The summed E-state index contributed by atoms with van der Waals surface area (Å²) in [5.74, 6) is -0.402. The fraction of sp³-hybridized carbons (Fsp3) is 0.364. The smallest absolute Gasteiger partial charge is 0.322 e. The van der Waals surface area contributed by atoms with Gasteiger partial charge in [0.2, 0.25) is 0 Å². The van der Waals surface area contributed by atoms with Gasteiger partial charge in [0.15, 0.2) is 0 Å². The molecule has 1 fully saturated rings. The van der Waals surface area contributed by atoms with Crippen LogP contribution in [-0.2, 0) is 4.74 Å². The molecule has 1 aromatic carbocycles. The molecular formula is C11H12BrFN2O2. The van der Waals surface area contributed by atoms with Crippen molar-refractivity contribution in [1.82, 2.24) is 4.90 Å². The van der Waals surface area contributed by atoms with Crippen molar-refractivity contribution in [1.29, 1.82) is 0 Å². The van der Waals surface area contributed by atoms with Crippen LogP contribution in [-0.4, -0.2) is 37.2 Å². The number of hydrogen-bond acceptors (Lipinski definition) is 2. The third kappa shape index (κ3) is 2.76. The first-order chi connectivity index (χ1) is 8.10. The largest absolute Gasteiger partial charge is 0.378 e. The maximum absolute atomic E-state index is 13.2. The minimum atomic E-state index is -0.402. The lowest BCUT2D eigenvalue weighted by Gasteiger charge is -2.37. The predicted octanol–water partition coefficient (Wildman–Crippen LogP) is 2.45. The zero-order valence-electron chi connectivity index (χ0n) is 9.24. The van der Waals surface area contributed by atoms with Crippen LogP contribution in [0.2, 0.25) is 0 Å². The third-order valence-corrected chi connectivity index (χ3v) is 3.28. The second-order valence-electron chi connectivity index (χ2n) is 3.82. The number of carbonyl (C=O) groups excluding carboxylic acids is 1. The maximum Gasteiger partial charge on any atom is 0.322 e. The van der Waals surface area contributed by atoms with E-state index in [1.165, 1.54) is 6.07 Å². The lowest BCUT2D eigenvalue weighted by atomic mass is 10.2. The van der Waals surface area contributed by atoms with E-state index in [0.29, 0.717) is 23.2 Å². The van der Waals surface area contributed by atoms with Gasteiger partial charge in [0, 0.05) is 12.8 Å². The SMILES string of the molecule is COC1CN(C(=O)Nc2ccc(Br)c(F)c2)C1. The van der Waals surface area contributed by atoms with E-state index in [-0.39, 0.29) is 12.1 Å². The van der Waals surface area contributed by atoms with Crippen molar-refractivity contribution in [3.05, 3.63) is 28.5 Å². The number of likely N-dealkylation sites (tertiary alicyclic amines) is 1. The molecule has 1 heterocycles. The van der Waals surface area contributed by atoms with Crippen molar-refractivity contribution < 1.29 is 13.9 Å².